The van der Waals surface area contributed by atoms with Gasteiger partial charge in [-0.05, 0) is 110 Å². The number of methoxy groups -OCH3 is 2. The Bertz CT molecular complexity index is 1820. The zero-order chi connectivity index (χ0) is 35.5. The van der Waals surface area contributed by atoms with Crippen molar-refractivity contribution in [1.29, 1.82) is 0 Å². The van der Waals surface area contributed by atoms with Crippen LogP contribution in [-0.2, 0) is 27.2 Å². The minimum atomic E-state index is -0.855. The van der Waals surface area contributed by atoms with Gasteiger partial charge < -0.3 is 18.9 Å². The van der Waals surface area contributed by atoms with Crippen LogP contribution in [0.15, 0.2) is 78.2 Å². The normalized spacial score (nSPS) is 24.2. The smallest absolute Gasteiger partial charge is 0.338 e. The van der Waals surface area contributed by atoms with Crippen molar-refractivity contribution >= 4 is 35.1 Å². The summed E-state index contributed by atoms with van der Waals surface area (Å²) in [5, 5.41) is 4.41. The Morgan fingerprint density at radius 1 is 1.00 bits per heavy atom. The van der Waals surface area contributed by atoms with Crippen molar-refractivity contribution in [3.8, 4) is 11.5 Å². The van der Waals surface area contributed by atoms with Gasteiger partial charge in [-0.25, -0.2) is 9.59 Å². The predicted octanol–water partition coefficient (Wildman–Crippen LogP) is 7.45. The molecule has 1 aromatic heterocycles. The fourth-order valence-electron chi connectivity index (χ4n) is 7.99. The molecule has 8 rings (SSSR count). The molecule has 0 saturated carbocycles. The molecule has 0 radical (unpaired) electrons. The minimum Gasteiger partial charge on any atom is -0.493 e. The van der Waals surface area contributed by atoms with Crippen LogP contribution < -0.4 is 14.8 Å². The lowest BCUT2D eigenvalue weighted by Gasteiger charge is -2.45. The van der Waals surface area contributed by atoms with Gasteiger partial charge in [0, 0.05) is 31.9 Å². The number of pyridine rings is 1. The molecular weight excluding hydrogens is 689 g/mol. The van der Waals surface area contributed by atoms with Crippen LogP contribution in [0, 0.1) is 5.92 Å². The maximum absolute atomic E-state index is 14.1. The van der Waals surface area contributed by atoms with Crippen LogP contribution in [0.5, 0.6) is 11.5 Å². The standard InChI is InChI=1S/C40H43Cl2N3O6/c1-48-34-12-11-29(19-36(34)49-2)35(20-30-32(41)22-43-23-33(30)42)50-38(46)28-9-7-25(8-10-28)21-44-40(16-13-26-5-3-4-6-31(26)40)39(47)51-37-24-45-17-14-27(37)15-18-45/h3,5,7-12,19,22-23,27,35,37,44H,4,6,13-18,20-21,24H2,1-2H3/t35-,37-,40?/m0/s1. The maximum Gasteiger partial charge on any atom is 0.338 e. The number of benzene rings is 2. The largest absolute Gasteiger partial charge is 0.493 e. The molecular formula is C40H43Cl2N3O6. The molecule has 268 valence electrons. The summed E-state index contributed by atoms with van der Waals surface area (Å²) < 4.78 is 23.4. The Morgan fingerprint density at radius 3 is 2.43 bits per heavy atom. The monoisotopic (exact) mass is 731 g/mol. The van der Waals surface area contributed by atoms with Crippen LogP contribution in [-0.4, -0.2) is 67.3 Å². The highest BCUT2D eigenvalue weighted by atomic mass is 35.5. The number of hydrogen-bond acceptors (Lipinski definition) is 9. The van der Waals surface area contributed by atoms with Crippen LogP contribution in [0.2, 0.25) is 10.0 Å². The molecule has 9 nitrogen and oxygen atoms in total. The van der Waals surface area contributed by atoms with E-state index in [-0.39, 0.29) is 18.5 Å². The number of nitrogens with one attached hydrogen (secondary N) is 1. The van der Waals surface area contributed by atoms with E-state index in [1.165, 1.54) is 18.0 Å². The van der Waals surface area contributed by atoms with Gasteiger partial charge in [-0.3, -0.25) is 15.2 Å². The molecule has 3 aromatic rings. The lowest BCUT2D eigenvalue weighted by atomic mass is 9.84. The third-order valence-corrected chi connectivity index (χ3v) is 11.6. The average molecular weight is 733 g/mol. The molecule has 1 unspecified atom stereocenters. The van der Waals surface area contributed by atoms with E-state index in [0.717, 1.165) is 62.9 Å². The molecule has 3 aliphatic heterocycles. The van der Waals surface area contributed by atoms with Crippen molar-refractivity contribution in [3.63, 3.8) is 0 Å². The number of carbonyl (C=O) groups excluding carboxylic acids is 2. The Hall–Kier alpha value is -3.89. The Balaban J connectivity index is 1.07. The first-order valence-corrected chi connectivity index (χ1v) is 18.4. The topological polar surface area (TPSA) is 99.2 Å². The Morgan fingerprint density at radius 2 is 1.75 bits per heavy atom. The number of piperidine rings is 3. The second-order valence-corrected chi connectivity index (χ2v) is 14.6. The molecule has 4 heterocycles. The van der Waals surface area contributed by atoms with E-state index in [1.54, 1.807) is 38.5 Å². The summed E-state index contributed by atoms with van der Waals surface area (Å²) in [6.45, 7) is 3.45. The van der Waals surface area contributed by atoms with Crippen LogP contribution in [0.3, 0.4) is 0 Å². The highest BCUT2D eigenvalue weighted by molar-refractivity contribution is 6.35. The fraction of sp³-hybridized carbons (Fsp3) is 0.425. The van der Waals surface area contributed by atoms with Gasteiger partial charge in [-0.15, -0.1) is 0 Å². The Kier molecular flexibility index (Phi) is 10.7. The van der Waals surface area contributed by atoms with Crippen molar-refractivity contribution in [1.82, 2.24) is 15.2 Å². The van der Waals surface area contributed by atoms with E-state index in [4.69, 9.17) is 42.1 Å². The predicted molar refractivity (Wildman–Crippen MR) is 195 cm³/mol. The molecule has 3 fully saturated rings. The van der Waals surface area contributed by atoms with E-state index >= 15 is 0 Å². The van der Waals surface area contributed by atoms with E-state index in [1.807, 2.05) is 18.2 Å². The third-order valence-electron chi connectivity index (χ3n) is 10.9. The first-order valence-electron chi connectivity index (χ1n) is 17.6. The van der Waals surface area contributed by atoms with Gasteiger partial charge in [0.15, 0.2) is 11.5 Å². The maximum atomic E-state index is 14.1. The first-order chi connectivity index (χ1) is 24.8. The number of aromatic nitrogens is 1. The van der Waals surface area contributed by atoms with Crippen molar-refractivity contribution in [3.05, 3.63) is 110 Å². The van der Waals surface area contributed by atoms with Gasteiger partial charge in [-0.2, -0.15) is 0 Å². The molecule has 2 aromatic carbocycles. The zero-order valence-electron chi connectivity index (χ0n) is 29.0. The van der Waals surface area contributed by atoms with Gasteiger partial charge in [-0.1, -0.05) is 53.6 Å². The number of hydrogen-bond donors (Lipinski definition) is 1. The van der Waals surface area contributed by atoms with E-state index in [2.05, 4.69) is 27.4 Å². The van der Waals surface area contributed by atoms with Gasteiger partial charge in [0.1, 0.15) is 17.7 Å². The third kappa shape index (κ3) is 7.40. The SMILES string of the molecule is COc1ccc([C@H](Cc2c(Cl)cncc2Cl)OC(=O)c2ccc(CNC3(C(=O)O[C@H]4CN5CCC4CC5)CCC4=C3CCC=C4)cc2)cc1OC. The van der Waals surface area contributed by atoms with Crippen LogP contribution in [0.4, 0.5) is 0 Å². The van der Waals surface area contributed by atoms with E-state index < -0.39 is 17.6 Å². The Labute approximate surface area is 308 Å². The number of allylic oxidation sites excluding steroid dienone is 3. The van der Waals surface area contributed by atoms with Crippen LogP contribution >= 0.6 is 23.2 Å². The molecule has 5 aliphatic rings. The van der Waals surface area contributed by atoms with Crippen LogP contribution in [0.1, 0.15) is 71.7 Å². The summed E-state index contributed by atoms with van der Waals surface area (Å²) in [5.41, 5.74) is 4.17. The van der Waals surface area contributed by atoms with Gasteiger partial charge in [0.25, 0.3) is 0 Å². The quantitative estimate of drug-likeness (QED) is 0.191. The number of carbonyl (C=O) groups is 2. The number of nitrogens with zero attached hydrogens (tertiary/aromatic N) is 2. The molecule has 0 amide bonds. The van der Waals surface area contributed by atoms with Crippen molar-refractivity contribution < 1.29 is 28.5 Å². The molecule has 2 aliphatic carbocycles. The summed E-state index contributed by atoms with van der Waals surface area (Å²) in [5.74, 6) is 0.828. The van der Waals surface area contributed by atoms with Crippen molar-refractivity contribution in [2.24, 2.45) is 5.92 Å². The number of ether oxygens (including phenoxy) is 4. The van der Waals surface area contributed by atoms with Crippen molar-refractivity contribution in [2.45, 2.75) is 69.2 Å². The molecule has 51 heavy (non-hydrogen) atoms. The summed E-state index contributed by atoms with van der Waals surface area (Å²) >= 11 is 12.9. The fourth-order valence-corrected chi connectivity index (χ4v) is 8.51. The molecule has 0 spiro atoms. The molecule has 2 bridgehead atoms. The number of esters is 2. The number of rotatable bonds is 12. The summed E-state index contributed by atoms with van der Waals surface area (Å²) in [4.78, 5) is 34.2. The summed E-state index contributed by atoms with van der Waals surface area (Å²) in [6, 6.07) is 12.6. The summed E-state index contributed by atoms with van der Waals surface area (Å²) in [7, 11) is 3.11. The first kappa shape index (κ1) is 35.5. The molecule has 3 atom stereocenters. The highest BCUT2D eigenvalue weighted by Gasteiger charge is 2.49. The number of halogens is 2. The van der Waals surface area contributed by atoms with Gasteiger partial charge >= 0.3 is 11.9 Å². The lowest BCUT2D eigenvalue weighted by Crippen LogP contribution is -2.57. The molecule has 1 N–H and O–H groups in total. The second kappa shape index (κ2) is 15.4. The zero-order valence-corrected chi connectivity index (χ0v) is 30.5. The summed E-state index contributed by atoms with van der Waals surface area (Å²) in [6.07, 6.45) is 12.3. The van der Waals surface area contributed by atoms with Crippen molar-refractivity contribution in [2.75, 3.05) is 33.9 Å². The minimum absolute atomic E-state index is 0.0545. The average Bonchev–Trinajstić information content (AvgIpc) is 3.55. The van der Waals surface area contributed by atoms with Gasteiger partial charge in [0.05, 0.1) is 29.8 Å². The molecule has 11 heteroatoms. The van der Waals surface area contributed by atoms with E-state index in [0.29, 0.717) is 57.1 Å². The van der Waals surface area contributed by atoms with Gasteiger partial charge in [0.2, 0.25) is 0 Å². The second-order valence-electron chi connectivity index (χ2n) is 13.8. The molecule has 3 saturated heterocycles. The lowest BCUT2D eigenvalue weighted by molar-refractivity contribution is -0.165. The van der Waals surface area contributed by atoms with Crippen LogP contribution in [0.25, 0.3) is 0 Å². The van der Waals surface area contributed by atoms with E-state index in [9.17, 15) is 9.59 Å². The number of fused-ring (bicyclic) bond motifs is 3. The highest BCUT2D eigenvalue weighted by Crippen LogP contribution is 2.43.